The lowest BCUT2D eigenvalue weighted by Gasteiger charge is -2.29. The van der Waals surface area contributed by atoms with E-state index in [1.54, 1.807) is 6.92 Å². The van der Waals surface area contributed by atoms with E-state index in [0.717, 1.165) is 12.7 Å². The van der Waals surface area contributed by atoms with Gasteiger partial charge in [0.25, 0.3) is 0 Å². The van der Waals surface area contributed by atoms with Crippen molar-refractivity contribution in [3.8, 4) is 0 Å². The first-order valence-electron chi connectivity index (χ1n) is 6.29. The molecule has 2 nitrogen and oxygen atoms in total. The van der Waals surface area contributed by atoms with E-state index in [0.29, 0.717) is 18.3 Å². The molecule has 0 radical (unpaired) electrons. The zero-order chi connectivity index (χ0) is 12.9. The highest BCUT2D eigenvalue weighted by atomic mass is 16.1. The van der Waals surface area contributed by atoms with Crippen molar-refractivity contribution in [2.75, 3.05) is 0 Å². The summed E-state index contributed by atoms with van der Waals surface area (Å²) in [6.45, 7) is 12.0. The number of ketones is 1. The van der Waals surface area contributed by atoms with Crippen LogP contribution in [0.4, 0.5) is 0 Å². The summed E-state index contributed by atoms with van der Waals surface area (Å²) in [6, 6.07) is 0. The molecule has 0 aliphatic heterocycles. The molecule has 3 unspecified atom stereocenters. The van der Waals surface area contributed by atoms with Crippen LogP contribution < -0.4 is 0 Å². The minimum atomic E-state index is -0.795. The molecular weight excluding hydrogens is 200 g/mol. The van der Waals surface area contributed by atoms with Gasteiger partial charge >= 0.3 is 0 Å². The lowest BCUT2D eigenvalue weighted by Crippen LogP contribution is -2.37. The predicted molar refractivity (Wildman–Crippen MR) is 67.3 cm³/mol. The van der Waals surface area contributed by atoms with Crippen molar-refractivity contribution >= 4 is 12.1 Å². The Labute approximate surface area is 99.8 Å². The molecule has 0 aliphatic carbocycles. The van der Waals surface area contributed by atoms with Gasteiger partial charge in [-0.1, -0.05) is 41.0 Å². The summed E-state index contributed by atoms with van der Waals surface area (Å²) in [5.74, 6) is 0.784. The Hall–Kier alpha value is -0.660. The molecule has 0 fully saturated rings. The van der Waals surface area contributed by atoms with E-state index in [-0.39, 0.29) is 11.7 Å². The fourth-order valence-corrected chi connectivity index (χ4v) is 2.19. The largest absolute Gasteiger partial charge is 0.302 e. The number of carbonyl (C=O) groups is 2. The standard InChI is InChI=1S/C14H26O2/c1-7-11(4)12(5)13(16)14(6,9-15)8-10(2)3/h9-12H,7-8H2,1-6H3. The lowest BCUT2D eigenvalue weighted by atomic mass is 9.72. The Balaban J connectivity index is 4.82. The van der Waals surface area contributed by atoms with Crippen molar-refractivity contribution in [2.24, 2.45) is 23.2 Å². The second-order valence-corrected chi connectivity index (χ2v) is 5.67. The van der Waals surface area contributed by atoms with Crippen LogP contribution in [0.25, 0.3) is 0 Å². The quantitative estimate of drug-likeness (QED) is 0.492. The molecule has 94 valence electrons. The summed E-state index contributed by atoms with van der Waals surface area (Å²) >= 11 is 0. The summed E-state index contributed by atoms with van der Waals surface area (Å²) in [4.78, 5) is 23.5. The van der Waals surface area contributed by atoms with Gasteiger partial charge in [0.1, 0.15) is 12.1 Å². The third kappa shape index (κ3) is 3.73. The van der Waals surface area contributed by atoms with Crippen molar-refractivity contribution in [3.05, 3.63) is 0 Å². The zero-order valence-corrected chi connectivity index (χ0v) is 11.5. The Morgan fingerprint density at radius 1 is 1.25 bits per heavy atom. The molecule has 0 N–H and O–H groups in total. The zero-order valence-electron chi connectivity index (χ0n) is 11.5. The van der Waals surface area contributed by atoms with Crippen LogP contribution in [0.1, 0.15) is 54.4 Å². The van der Waals surface area contributed by atoms with Crippen LogP contribution in [0.3, 0.4) is 0 Å². The molecular formula is C14H26O2. The topological polar surface area (TPSA) is 34.1 Å². The van der Waals surface area contributed by atoms with E-state index < -0.39 is 5.41 Å². The first-order valence-corrected chi connectivity index (χ1v) is 6.29. The molecule has 0 amide bonds. The molecule has 2 heteroatoms. The third-order valence-corrected chi connectivity index (χ3v) is 3.57. The van der Waals surface area contributed by atoms with E-state index in [4.69, 9.17) is 0 Å². The van der Waals surface area contributed by atoms with Gasteiger partial charge in [0.05, 0.1) is 5.41 Å². The molecule has 0 rings (SSSR count). The monoisotopic (exact) mass is 226 g/mol. The van der Waals surface area contributed by atoms with Crippen LogP contribution in [-0.2, 0) is 9.59 Å². The average molecular weight is 226 g/mol. The molecule has 0 saturated heterocycles. The minimum absolute atomic E-state index is 0.0288. The van der Waals surface area contributed by atoms with Crippen molar-refractivity contribution in [1.29, 1.82) is 0 Å². The summed E-state index contributed by atoms with van der Waals surface area (Å²) in [6.07, 6.45) is 2.47. The Morgan fingerprint density at radius 2 is 1.75 bits per heavy atom. The molecule has 0 aliphatic rings. The third-order valence-electron chi connectivity index (χ3n) is 3.57. The first kappa shape index (κ1) is 15.3. The Kier molecular flexibility index (Phi) is 5.91. The lowest BCUT2D eigenvalue weighted by molar-refractivity contribution is -0.138. The molecule has 16 heavy (non-hydrogen) atoms. The van der Waals surface area contributed by atoms with Gasteiger partial charge in [0.2, 0.25) is 0 Å². The van der Waals surface area contributed by atoms with Crippen molar-refractivity contribution in [1.82, 2.24) is 0 Å². The van der Waals surface area contributed by atoms with Gasteiger partial charge in [0.15, 0.2) is 0 Å². The van der Waals surface area contributed by atoms with E-state index in [9.17, 15) is 9.59 Å². The van der Waals surface area contributed by atoms with E-state index in [1.807, 2.05) is 20.8 Å². The Morgan fingerprint density at radius 3 is 2.06 bits per heavy atom. The summed E-state index contributed by atoms with van der Waals surface area (Å²) < 4.78 is 0. The summed E-state index contributed by atoms with van der Waals surface area (Å²) in [5, 5.41) is 0. The highest BCUT2D eigenvalue weighted by molar-refractivity contribution is 5.99. The second-order valence-electron chi connectivity index (χ2n) is 5.67. The number of rotatable bonds is 7. The normalized spacial score (nSPS) is 18.9. The number of hydrogen-bond donors (Lipinski definition) is 0. The van der Waals surface area contributed by atoms with Gasteiger partial charge < -0.3 is 4.79 Å². The Bertz CT molecular complexity index is 245. The molecule has 0 aromatic carbocycles. The number of Topliss-reactive ketones (excluding diaryl/α,β-unsaturated/α-hetero) is 1. The fourth-order valence-electron chi connectivity index (χ4n) is 2.19. The highest BCUT2D eigenvalue weighted by Crippen LogP contribution is 2.31. The van der Waals surface area contributed by atoms with E-state index in [2.05, 4.69) is 13.8 Å². The number of carbonyl (C=O) groups excluding carboxylic acids is 2. The molecule has 3 atom stereocenters. The maximum absolute atomic E-state index is 12.3. The molecule has 0 saturated carbocycles. The number of hydrogen-bond acceptors (Lipinski definition) is 2. The van der Waals surface area contributed by atoms with Gasteiger partial charge in [-0.15, -0.1) is 0 Å². The molecule has 0 aromatic rings. The maximum atomic E-state index is 12.3. The van der Waals surface area contributed by atoms with Crippen molar-refractivity contribution in [3.63, 3.8) is 0 Å². The molecule has 0 heterocycles. The van der Waals surface area contributed by atoms with Gasteiger partial charge in [0, 0.05) is 5.92 Å². The van der Waals surface area contributed by atoms with Crippen LogP contribution in [0, 0.1) is 23.2 Å². The fraction of sp³-hybridized carbons (Fsp3) is 0.857. The summed E-state index contributed by atoms with van der Waals surface area (Å²) in [5.41, 5.74) is -0.795. The van der Waals surface area contributed by atoms with Gasteiger partial charge in [-0.05, 0) is 25.2 Å². The SMILES string of the molecule is CCC(C)C(C)C(=O)C(C)(C=O)CC(C)C. The van der Waals surface area contributed by atoms with E-state index >= 15 is 0 Å². The van der Waals surface area contributed by atoms with Crippen molar-refractivity contribution in [2.45, 2.75) is 54.4 Å². The van der Waals surface area contributed by atoms with Crippen LogP contribution in [-0.4, -0.2) is 12.1 Å². The molecule has 0 bridgehead atoms. The van der Waals surface area contributed by atoms with Crippen LogP contribution in [0.5, 0.6) is 0 Å². The molecule has 0 aromatic heterocycles. The van der Waals surface area contributed by atoms with E-state index in [1.165, 1.54) is 0 Å². The van der Waals surface area contributed by atoms with Gasteiger partial charge in [-0.3, -0.25) is 4.79 Å². The average Bonchev–Trinajstić information content (AvgIpc) is 2.24. The molecule has 0 spiro atoms. The van der Waals surface area contributed by atoms with Gasteiger partial charge in [-0.25, -0.2) is 0 Å². The van der Waals surface area contributed by atoms with Crippen molar-refractivity contribution < 1.29 is 9.59 Å². The van der Waals surface area contributed by atoms with Crippen LogP contribution >= 0.6 is 0 Å². The summed E-state index contributed by atoms with van der Waals surface area (Å²) in [7, 11) is 0. The highest BCUT2D eigenvalue weighted by Gasteiger charge is 2.37. The predicted octanol–water partition coefficient (Wildman–Crippen LogP) is 3.49. The smallest absolute Gasteiger partial charge is 0.148 e. The second kappa shape index (κ2) is 6.17. The van der Waals surface area contributed by atoms with Gasteiger partial charge in [-0.2, -0.15) is 0 Å². The van der Waals surface area contributed by atoms with Crippen LogP contribution in [0.15, 0.2) is 0 Å². The maximum Gasteiger partial charge on any atom is 0.148 e. The number of aldehydes is 1. The minimum Gasteiger partial charge on any atom is -0.302 e. The first-order chi connectivity index (χ1) is 7.28. The van der Waals surface area contributed by atoms with Crippen LogP contribution in [0.2, 0.25) is 0 Å².